The Balaban J connectivity index is 1.51. The number of carbonyl (C=O) groups is 1. The van der Waals surface area contributed by atoms with Gasteiger partial charge in [-0.3, -0.25) is 4.79 Å². The van der Waals surface area contributed by atoms with Crippen molar-refractivity contribution >= 4 is 39.1 Å². The zero-order valence-corrected chi connectivity index (χ0v) is 21.8. The van der Waals surface area contributed by atoms with Crippen LogP contribution in [0.25, 0.3) is 0 Å². The van der Waals surface area contributed by atoms with Crippen LogP contribution in [0.1, 0.15) is 41.1 Å². The second kappa shape index (κ2) is 11.1. The Morgan fingerprint density at radius 1 is 1.06 bits per heavy atom. The van der Waals surface area contributed by atoms with Crippen molar-refractivity contribution in [2.45, 2.75) is 31.6 Å². The molecular formula is C27H28Cl2N2O3S. The van der Waals surface area contributed by atoms with Gasteiger partial charge in [0.1, 0.15) is 0 Å². The van der Waals surface area contributed by atoms with Gasteiger partial charge in [0, 0.05) is 23.1 Å². The second-order valence-electron chi connectivity index (χ2n) is 8.90. The smallest absolute Gasteiger partial charge is 0.225 e. The molecule has 0 radical (unpaired) electrons. The zero-order chi connectivity index (χ0) is 25.0. The number of amides is 1. The summed E-state index contributed by atoms with van der Waals surface area (Å²) in [6.07, 6.45) is 1.25. The van der Waals surface area contributed by atoms with Crippen LogP contribution < -0.4 is 5.32 Å². The summed E-state index contributed by atoms with van der Waals surface area (Å²) in [6.45, 7) is 2.56. The molecule has 1 fully saturated rings. The van der Waals surface area contributed by atoms with Crippen LogP contribution in [0.4, 0.5) is 0 Å². The van der Waals surface area contributed by atoms with Crippen LogP contribution >= 0.6 is 23.2 Å². The van der Waals surface area contributed by atoms with E-state index in [9.17, 15) is 13.2 Å². The van der Waals surface area contributed by atoms with Crippen LogP contribution in [0.2, 0.25) is 10.0 Å². The molecule has 2 atom stereocenters. The Labute approximate surface area is 217 Å². The van der Waals surface area contributed by atoms with Gasteiger partial charge in [0.2, 0.25) is 15.9 Å². The molecule has 0 unspecified atom stereocenters. The fraction of sp³-hybridized carbons (Fsp3) is 0.296. The summed E-state index contributed by atoms with van der Waals surface area (Å²) in [5.74, 6) is -0.811. The Bertz CT molecular complexity index is 1300. The van der Waals surface area contributed by atoms with Crippen molar-refractivity contribution < 1.29 is 13.2 Å². The van der Waals surface area contributed by atoms with Crippen molar-refractivity contribution in [2.75, 3.05) is 13.1 Å². The van der Waals surface area contributed by atoms with E-state index in [4.69, 9.17) is 23.2 Å². The summed E-state index contributed by atoms with van der Waals surface area (Å²) in [7, 11) is -3.65. The lowest BCUT2D eigenvalue weighted by Gasteiger charge is -2.32. The van der Waals surface area contributed by atoms with Crippen LogP contribution in [-0.2, 0) is 20.6 Å². The molecule has 1 N–H and O–H groups in total. The quantitative estimate of drug-likeness (QED) is 0.422. The largest absolute Gasteiger partial charge is 0.345 e. The highest BCUT2D eigenvalue weighted by Crippen LogP contribution is 2.29. The van der Waals surface area contributed by atoms with Gasteiger partial charge >= 0.3 is 0 Å². The lowest BCUT2D eigenvalue weighted by atomic mass is 9.93. The van der Waals surface area contributed by atoms with Gasteiger partial charge in [-0.25, -0.2) is 12.7 Å². The topological polar surface area (TPSA) is 66.5 Å². The minimum absolute atomic E-state index is 0.147. The fourth-order valence-electron chi connectivity index (χ4n) is 4.49. The number of aryl methyl sites for hydroxylation is 1. The highest BCUT2D eigenvalue weighted by Gasteiger charge is 2.34. The highest BCUT2D eigenvalue weighted by molar-refractivity contribution is 7.88. The third-order valence-electron chi connectivity index (χ3n) is 6.42. The second-order valence-corrected chi connectivity index (χ2v) is 11.7. The first-order valence-corrected chi connectivity index (χ1v) is 13.9. The number of carbonyl (C=O) groups excluding carboxylic acids is 1. The SMILES string of the molecule is Cc1ccccc1[C@@H](NC(=O)[C@H]1CCCN(S(=O)(=O)Cc2ccc(Cl)cc2Cl)C1)c1ccccc1. The van der Waals surface area contributed by atoms with Crippen molar-refractivity contribution in [3.05, 3.63) is 105 Å². The Kier molecular flexibility index (Phi) is 8.17. The first-order chi connectivity index (χ1) is 16.7. The summed E-state index contributed by atoms with van der Waals surface area (Å²) >= 11 is 12.2. The van der Waals surface area contributed by atoms with E-state index in [0.717, 1.165) is 16.7 Å². The fourth-order valence-corrected chi connectivity index (χ4v) is 6.69. The van der Waals surface area contributed by atoms with Gasteiger partial charge in [0.05, 0.1) is 17.7 Å². The molecule has 3 aromatic carbocycles. The molecule has 1 heterocycles. The van der Waals surface area contributed by atoms with E-state index in [2.05, 4.69) is 5.32 Å². The lowest BCUT2D eigenvalue weighted by Crippen LogP contribution is -2.46. The van der Waals surface area contributed by atoms with Gasteiger partial charge in [0.15, 0.2) is 0 Å². The first kappa shape index (κ1) is 25.7. The number of hydrogen-bond acceptors (Lipinski definition) is 3. The summed E-state index contributed by atoms with van der Waals surface area (Å²) in [4.78, 5) is 13.4. The van der Waals surface area contributed by atoms with Crippen molar-refractivity contribution in [3.63, 3.8) is 0 Å². The van der Waals surface area contributed by atoms with Crippen molar-refractivity contribution in [3.8, 4) is 0 Å². The molecule has 4 rings (SSSR count). The van der Waals surface area contributed by atoms with Crippen LogP contribution in [0, 0.1) is 12.8 Å². The van der Waals surface area contributed by atoms with E-state index in [1.54, 1.807) is 12.1 Å². The number of rotatable bonds is 7. The van der Waals surface area contributed by atoms with Crippen LogP contribution in [0.3, 0.4) is 0 Å². The Morgan fingerprint density at radius 3 is 2.49 bits per heavy atom. The minimum Gasteiger partial charge on any atom is -0.345 e. The maximum atomic E-state index is 13.4. The number of piperidine rings is 1. The maximum Gasteiger partial charge on any atom is 0.225 e. The average Bonchev–Trinajstić information content (AvgIpc) is 2.85. The molecule has 35 heavy (non-hydrogen) atoms. The third-order valence-corrected chi connectivity index (χ3v) is 8.80. The monoisotopic (exact) mass is 530 g/mol. The van der Waals surface area contributed by atoms with Crippen LogP contribution in [-0.4, -0.2) is 31.7 Å². The highest BCUT2D eigenvalue weighted by atomic mass is 35.5. The normalized spacial score (nSPS) is 17.6. The van der Waals surface area contributed by atoms with Crippen molar-refractivity contribution in [1.82, 2.24) is 9.62 Å². The van der Waals surface area contributed by atoms with Crippen LogP contribution in [0.15, 0.2) is 72.8 Å². The standard InChI is InChI=1S/C27H28Cl2N2O3S/c1-19-8-5-6-12-24(19)26(20-9-3-2-4-10-20)30-27(32)21-11-7-15-31(17-21)35(33,34)18-22-13-14-23(28)16-25(22)29/h2-6,8-10,12-14,16,21,26H,7,11,15,17-18H2,1H3,(H,30,32)/t21-,26-/m0/s1. The average molecular weight is 532 g/mol. The molecule has 0 bridgehead atoms. The number of nitrogens with one attached hydrogen (secondary N) is 1. The molecule has 0 spiro atoms. The molecule has 1 aliphatic heterocycles. The van der Waals surface area contributed by atoms with E-state index in [0.29, 0.717) is 35.0 Å². The number of benzene rings is 3. The molecule has 184 valence electrons. The molecular weight excluding hydrogens is 503 g/mol. The molecule has 3 aromatic rings. The summed E-state index contributed by atoms with van der Waals surface area (Å²) < 4.78 is 27.8. The number of halogens is 2. The summed E-state index contributed by atoms with van der Waals surface area (Å²) in [5, 5.41) is 3.97. The molecule has 0 aromatic heterocycles. The van der Waals surface area contributed by atoms with Gasteiger partial charge in [-0.15, -0.1) is 0 Å². The van der Waals surface area contributed by atoms with E-state index in [-0.39, 0.29) is 24.2 Å². The first-order valence-electron chi connectivity index (χ1n) is 11.6. The summed E-state index contributed by atoms with van der Waals surface area (Å²) in [6, 6.07) is 22.3. The number of sulfonamides is 1. The number of hydrogen-bond donors (Lipinski definition) is 1. The molecule has 0 saturated carbocycles. The van der Waals surface area contributed by atoms with Gasteiger partial charge in [-0.1, -0.05) is 83.9 Å². The minimum atomic E-state index is -3.65. The van der Waals surface area contributed by atoms with Gasteiger partial charge in [-0.2, -0.15) is 0 Å². The molecule has 5 nitrogen and oxygen atoms in total. The summed E-state index contributed by atoms with van der Waals surface area (Å²) in [5.41, 5.74) is 3.57. The Hall–Kier alpha value is -2.38. The maximum absolute atomic E-state index is 13.4. The Morgan fingerprint density at radius 2 is 1.77 bits per heavy atom. The van der Waals surface area contributed by atoms with Gasteiger partial charge in [-0.05, 0) is 54.2 Å². The molecule has 8 heteroatoms. The zero-order valence-electron chi connectivity index (χ0n) is 19.5. The number of nitrogens with zero attached hydrogens (tertiary/aromatic N) is 1. The third kappa shape index (κ3) is 6.25. The molecule has 1 saturated heterocycles. The van der Waals surface area contributed by atoms with Crippen molar-refractivity contribution in [1.29, 1.82) is 0 Å². The van der Waals surface area contributed by atoms with E-state index in [1.165, 1.54) is 10.4 Å². The molecule has 1 aliphatic rings. The van der Waals surface area contributed by atoms with E-state index >= 15 is 0 Å². The predicted molar refractivity (Wildman–Crippen MR) is 141 cm³/mol. The lowest BCUT2D eigenvalue weighted by molar-refractivity contribution is -0.126. The van der Waals surface area contributed by atoms with Crippen molar-refractivity contribution in [2.24, 2.45) is 5.92 Å². The molecule has 0 aliphatic carbocycles. The van der Waals surface area contributed by atoms with Gasteiger partial charge in [0.25, 0.3) is 0 Å². The van der Waals surface area contributed by atoms with E-state index < -0.39 is 15.9 Å². The van der Waals surface area contributed by atoms with Gasteiger partial charge < -0.3 is 5.32 Å². The molecule has 1 amide bonds. The predicted octanol–water partition coefficient (Wildman–Crippen LogP) is 5.75. The van der Waals surface area contributed by atoms with E-state index in [1.807, 2.05) is 61.5 Å². The van der Waals surface area contributed by atoms with Crippen LogP contribution in [0.5, 0.6) is 0 Å².